The molecule has 1 heteroatoms. The molecule has 0 aliphatic heterocycles. The Hall–Kier alpha value is -2.80. The zero-order chi connectivity index (χ0) is 15.8. The Bertz CT molecular complexity index is 977. The maximum atomic E-state index is 2.40. The summed E-state index contributed by atoms with van der Waals surface area (Å²) in [6.07, 6.45) is 0. The Morgan fingerprint density at radius 1 is 0.652 bits per heavy atom. The summed E-state index contributed by atoms with van der Waals surface area (Å²) in [7, 11) is 0. The minimum atomic E-state index is 1.25. The van der Waals surface area contributed by atoms with Crippen LogP contribution in [0.25, 0.3) is 27.8 Å². The molecule has 0 N–H and O–H groups in total. The van der Waals surface area contributed by atoms with Gasteiger partial charge in [-0.25, -0.2) is 0 Å². The second kappa shape index (κ2) is 5.44. The minimum Gasteiger partial charge on any atom is -0.309 e. The molecule has 0 saturated carbocycles. The quantitative estimate of drug-likeness (QED) is 0.433. The molecule has 4 rings (SSSR count). The fraction of sp³-hybridized carbons (Fsp3) is 0.0909. The predicted octanol–water partition coefficient (Wildman–Crippen LogP) is 5.91. The molecule has 4 aromatic rings. The van der Waals surface area contributed by atoms with Gasteiger partial charge >= 0.3 is 0 Å². The average molecular weight is 297 g/mol. The molecule has 1 nitrogen and oxygen atoms in total. The first-order valence-corrected chi connectivity index (χ1v) is 7.99. The van der Waals surface area contributed by atoms with Gasteiger partial charge in [0.25, 0.3) is 0 Å². The fourth-order valence-electron chi connectivity index (χ4n) is 3.41. The predicted molar refractivity (Wildman–Crippen MR) is 98.2 cm³/mol. The molecule has 0 aliphatic rings. The summed E-state index contributed by atoms with van der Waals surface area (Å²) in [5.74, 6) is 0. The second-order valence-electron chi connectivity index (χ2n) is 5.98. The largest absolute Gasteiger partial charge is 0.309 e. The van der Waals surface area contributed by atoms with Gasteiger partial charge in [-0.05, 0) is 42.7 Å². The van der Waals surface area contributed by atoms with Crippen LogP contribution < -0.4 is 0 Å². The highest BCUT2D eigenvalue weighted by molar-refractivity contribution is 5.93. The van der Waals surface area contributed by atoms with Crippen LogP contribution in [0, 0.1) is 13.8 Å². The van der Waals surface area contributed by atoms with Crippen LogP contribution in [0.2, 0.25) is 0 Å². The van der Waals surface area contributed by atoms with E-state index in [0.717, 1.165) is 0 Å². The van der Waals surface area contributed by atoms with Gasteiger partial charge in [-0.1, -0.05) is 66.7 Å². The lowest BCUT2D eigenvalue weighted by Gasteiger charge is -2.14. The van der Waals surface area contributed by atoms with Gasteiger partial charge < -0.3 is 4.57 Å². The smallest absolute Gasteiger partial charge is 0.0570 e. The maximum Gasteiger partial charge on any atom is 0.0570 e. The van der Waals surface area contributed by atoms with Crippen LogP contribution in [0.4, 0.5) is 0 Å². The zero-order valence-corrected chi connectivity index (χ0v) is 13.5. The number of para-hydroxylation sites is 2. The van der Waals surface area contributed by atoms with Crippen molar-refractivity contribution in [2.75, 3.05) is 0 Å². The topological polar surface area (TPSA) is 4.93 Å². The maximum absolute atomic E-state index is 2.40. The van der Waals surface area contributed by atoms with E-state index in [9.17, 15) is 0 Å². The summed E-state index contributed by atoms with van der Waals surface area (Å²) in [4.78, 5) is 0. The zero-order valence-electron chi connectivity index (χ0n) is 13.5. The summed E-state index contributed by atoms with van der Waals surface area (Å²) in [6, 6.07) is 27.9. The molecule has 112 valence electrons. The van der Waals surface area contributed by atoms with E-state index in [1.54, 1.807) is 0 Å². The van der Waals surface area contributed by atoms with Crippen molar-refractivity contribution in [3.63, 3.8) is 0 Å². The van der Waals surface area contributed by atoms with Crippen LogP contribution >= 0.6 is 0 Å². The minimum absolute atomic E-state index is 1.25. The monoisotopic (exact) mass is 297 g/mol. The van der Waals surface area contributed by atoms with E-state index >= 15 is 0 Å². The van der Waals surface area contributed by atoms with Gasteiger partial charge in [0.1, 0.15) is 0 Å². The molecular weight excluding hydrogens is 278 g/mol. The number of aromatic nitrogens is 1. The van der Waals surface area contributed by atoms with Crippen molar-refractivity contribution >= 4 is 10.9 Å². The first-order valence-electron chi connectivity index (χ1n) is 7.99. The van der Waals surface area contributed by atoms with E-state index in [1.807, 2.05) is 0 Å². The van der Waals surface area contributed by atoms with E-state index in [0.29, 0.717) is 0 Å². The van der Waals surface area contributed by atoms with Crippen LogP contribution in [0.1, 0.15) is 11.1 Å². The SMILES string of the molecule is Cc1ccccc1-n1c(-c2ccccc2)c(C)c2ccccc21. The van der Waals surface area contributed by atoms with Gasteiger partial charge in [0.05, 0.1) is 11.2 Å². The number of rotatable bonds is 2. The van der Waals surface area contributed by atoms with Gasteiger partial charge in [-0.2, -0.15) is 0 Å². The van der Waals surface area contributed by atoms with Crippen molar-refractivity contribution in [1.82, 2.24) is 4.57 Å². The van der Waals surface area contributed by atoms with Crippen molar-refractivity contribution in [2.45, 2.75) is 13.8 Å². The summed E-state index contributed by atoms with van der Waals surface area (Å²) < 4.78 is 2.40. The number of hydrogen-bond donors (Lipinski definition) is 0. The molecule has 0 unspecified atom stereocenters. The van der Waals surface area contributed by atoms with Crippen LogP contribution in [-0.4, -0.2) is 4.57 Å². The molecule has 0 atom stereocenters. The molecular formula is C22H19N. The molecule has 0 spiro atoms. The lowest BCUT2D eigenvalue weighted by atomic mass is 10.1. The van der Waals surface area contributed by atoms with E-state index in [1.165, 1.54) is 39.0 Å². The molecule has 1 heterocycles. The highest BCUT2D eigenvalue weighted by atomic mass is 15.0. The van der Waals surface area contributed by atoms with Crippen molar-refractivity contribution in [1.29, 1.82) is 0 Å². The Morgan fingerprint density at radius 2 is 1.30 bits per heavy atom. The Balaban J connectivity index is 2.16. The molecule has 0 radical (unpaired) electrons. The highest BCUT2D eigenvalue weighted by Gasteiger charge is 2.17. The van der Waals surface area contributed by atoms with Gasteiger partial charge in [-0.15, -0.1) is 0 Å². The molecule has 0 bridgehead atoms. The van der Waals surface area contributed by atoms with Crippen LogP contribution in [0.3, 0.4) is 0 Å². The van der Waals surface area contributed by atoms with Crippen molar-refractivity contribution in [3.05, 3.63) is 90.0 Å². The Morgan fingerprint density at radius 3 is 2.09 bits per heavy atom. The first-order chi connectivity index (χ1) is 11.3. The third kappa shape index (κ3) is 2.17. The first kappa shape index (κ1) is 13.8. The molecule has 0 amide bonds. The van der Waals surface area contributed by atoms with Crippen LogP contribution in [0.15, 0.2) is 78.9 Å². The molecule has 23 heavy (non-hydrogen) atoms. The molecule has 3 aromatic carbocycles. The third-order valence-corrected chi connectivity index (χ3v) is 4.53. The normalized spacial score (nSPS) is 11.0. The lowest BCUT2D eigenvalue weighted by molar-refractivity contribution is 1.10. The number of benzene rings is 3. The van der Waals surface area contributed by atoms with E-state index < -0.39 is 0 Å². The van der Waals surface area contributed by atoms with Crippen molar-refractivity contribution in [3.8, 4) is 16.9 Å². The average Bonchev–Trinajstić information content (AvgIpc) is 2.89. The fourth-order valence-corrected chi connectivity index (χ4v) is 3.41. The number of hydrogen-bond acceptors (Lipinski definition) is 0. The van der Waals surface area contributed by atoms with Crippen LogP contribution in [-0.2, 0) is 0 Å². The lowest BCUT2D eigenvalue weighted by Crippen LogP contribution is -1.99. The summed E-state index contributed by atoms with van der Waals surface area (Å²) in [6.45, 7) is 4.40. The van der Waals surface area contributed by atoms with Gasteiger partial charge in [0, 0.05) is 11.1 Å². The number of fused-ring (bicyclic) bond motifs is 1. The number of nitrogens with zero attached hydrogens (tertiary/aromatic N) is 1. The third-order valence-electron chi connectivity index (χ3n) is 4.53. The Kier molecular flexibility index (Phi) is 3.27. The number of aryl methyl sites for hydroxylation is 2. The van der Waals surface area contributed by atoms with E-state index in [4.69, 9.17) is 0 Å². The summed E-state index contributed by atoms with van der Waals surface area (Å²) in [5, 5.41) is 1.31. The molecule has 0 saturated heterocycles. The second-order valence-corrected chi connectivity index (χ2v) is 5.98. The van der Waals surface area contributed by atoms with Crippen molar-refractivity contribution in [2.24, 2.45) is 0 Å². The van der Waals surface area contributed by atoms with Crippen molar-refractivity contribution < 1.29 is 0 Å². The van der Waals surface area contributed by atoms with E-state index in [2.05, 4.69) is 97.3 Å². The Labute approximate surface area is 136 Å². The summed E-state index contributed by atoms with van der Waals surface area (Å²) >= 11 is 0. The van der Waals surface area contributed by atoms with E-state index in [-0.39, 0.29) is 0 Å². The van der Waals surface area contributed by atoms with Gasteiger partial charge in [-0.3, -0.25) is 0 Å². The molecule has 0 fully saturated rings. The standard InChI is InChI=1S/C22H19N/c1-16-10-6-8-14-20(16)23-21-15-9-7-13-19(21)17(2)22(23)18-11-4-3-5-12-18/h3-15H,1-2H3. The molecule has 0 aliphatic carbocycles. The van der Waals surface area contributed by atoms with Gasteiger partial charge in [0.2, 0.25) is 0 Å². The summed E-state index contributed by atoms with van der Waals surface area (Å²) in [5.41, 5.74) is 7.65. The molecule has 1 aromatic heterocycles. The van der Waals surface area contributed by atoms with Gasteiger partial charge in [0.15, 0.2) is 0 Å². The highest BCUT2D eigenvalue weighted by Crippen LogP contribution is 2.36. The van der Waals surface area contributed by atoms with Crippen LogP contribution in [0.5, 0.6) is 0 Å².